The second-order valence-electron chi connectivity index (χ2n) is 8.26. The minimum Gasteiger partial charge on any atom is -0.489 e. The second kappa shape index (κ2) is 10.9. The summed E-state index contributed by atoms with van der Waals surface area (Å²) in [6, 6.07) is 6.74. The maximum Gasteiger partial charge on any atom is 0.273 e. The van der Waals surface area contributed by atoms with Crippen molar-refractivity contribution in [2.45, 2.75) is 32.7 Å². The lowest BCUT2D eigenvalue weighted by Crippen LogP contribution is -2.33. The number of hydrogen-bond donors (Lipinski definition) is 3. The number of aromatic amines is 1. The van der Waals surface area contributed by atoms with Crippen molar-refractivity contribution in [2.75, 3.05) is 32.8 Å². The normalized spacial score (nSPS) is 17.0. The molecule has 0 aromatic carbocycles. The summed E-state index contributed by atoms with van der Waals surface area (Å²) in [6.07, 6.45) is 3.28. The molecule has 0 bridgehead atoms. The number of amides is 2. The van der Waals surface area contributed by atoms with Crippen molar-refractivity contribution in [3.05, 3.63) is 57.9 Å². The Morgan fingerprint density at radius 2 is 1.94 bits per heavy atom. The average Bonchev–Trinajstić information content (AvgIpc) is 3.19. The molecule has 0 saturated carbocycles. The first-order valence-corrected chi connectivity index (χ1v) is 11.4. The fourth-order valence-electron chi connectivity index (χ4n) is 3.91. The molecule has 3 aromatic rings. The molecule has 3 N–H and O–H groups in total. The van der Waals surface area contributed by atoms with Gasteiger partial charge < -0.3 is 15.4 Å². The highest BCUT2D eigenvalue weighted by atomic mass is 16.5. The molecule has 4 heterocycles. The lowest BCUT2D eigenvalue weighted by atomic mass is 10.2. The number of hydrogen-bond acceptors (Lipinski definition) is 7. The van der Waals surface area contributed by atoms with Crippen LogP contribution in [0.2, 0.25) is 0 Å². The smallest absolute Gasteiger partial charge is 0.273 e. The first kappa shape index (κ1) is 23.4. The molecule has 34 heavy (non-hydrogen) atoms. The molecule has 11 nitrogen and oxygen atoms in total. The number of aromatic nitrogens is 4. The summed E-state index contributed by atoms with van der Waals surface area (Å²) in [7, 11) is 0. The zero-order chi connectivity index (χ0) is 23.9. The predicted molar refractivity (Wildman–Crippen MR) is 125 cm³/mol. The lowest BCUT2D eigenvalue weighted by Gasteiger charge is -2.22. The van der Waals surface area contributed by atoms with E-state index in [0.29, 0.717) is 69.1 Å². The van der Waals surface area contributed by atoms with Gasteiger partial charge in [-0.25, -0.2) is 14.5 Å². The van der Waals surface area contributed by atoms with Gasteiger partial charge in [0.15, 0.2) is 17.1 Å². The summed E-state index contributed by atoms with van der Waals surface area (Å²) in [4.78, 5) is 48.1. The van der Waals surface area contributed by atoms with Crippen molar-refractivity contribution in [2.24, 2.45) is 0 Å². The third-order valence-corrected chi connectivity index (χ3v) is 5.50. The third-order valence-electron chi connectivity index (χ3n) is 5.50. The number of carbonyl (C=O) groups excluding carboxylic acids is 2. The largest absolute Gasteiger partial charge is 0.489 e. The number of aryl methyl sites for hydroxylation is 1. The molecule has 0 spiro atoms. The van der Waals surface area contributed by atoms with Gasteiger partial charge in [-0.05, 0) is 38.4 Å². The quantitative estimate of drug-likeness (QED) is 0.504. The number of pyridine rings is 1. The maximum absolute atomic E-state index is 12.6. The summed E-state index contributed by atoms with van der Waals surface area (Å²) >= 11 is 0. The van der Waals surface area contributed by atoms with Crippen molar-refractivity contribution in [1.29, 1.82) is 0 Å². The van der Waals surface area contributed by atoms with Crippen LogP contribution in [-0.2, 0) is 11.3 Å². The molecule has 3 aromatic heterocycles. The Morgan fingerprint density at radius 1 is 1.09 bits per heavy atom. The minimum absolute atomic E-state index is 0.0552. The van der Waals surface area contributed by atoms with Gasteiger partial charge in [0.05, 0.1) is 12.2 Å². The van der Waals surface area contributed by atoms with Gasteiger partial charge in [-0.2, -0.15) is 0 Å². The Bertz CT molecular complexity index is 1220. The number of rotatable bonds is 2. The monoisotopic (exact) mass is 467 g/mol. The SMILES string of the molecule is Cc1cc2nc(CN3CCCNC(=O)c4ncccc4OCCNC(=O)CCC3)cc(=O)n2[nH]1. The Morgan fingerprint density at radius 3 is 2.82 bits per heavy atom. The van der Waals surface area contributed by atoms with E-state index in [9.17, 15) is 14.4 Å². The molecule has 1 aliphatic rings. The summed E-state index contributed by atoms with van der Waals surface area (Å²) in [5.74, 6) is 0.0253. The average molecular weight is 468 g/mol. The maximum atomic E-state index is 12.6. The van der Waals surface area contributed by atoms with Gasteiger partial charge in [-0.15, -0.1) is 0 Å². The van der Waals surface area contributed by atoms with E-state index in [2.05, 4.69) is 30.6 Å². The van der Waals surface area contributed by atoms with E-state index >= 15 is 0 Å². The van der Waals surface area contributed by atoms with Gasteiger partial charge in [0.2, 0.25) is 5.91 Å². The summed E-state index contributed by atoms with van der Waals surface area (Å²) in [5.41, 5.74) is 2.16. The predicted octanol–water partition coefficient (Wildman–Crippen LogP) is 0.637. The van der Waals surface area contributed by atoms with Crippen LogP contribution in [0.3, 0.4) is 0 Å². The number of nitrogens with one attached hydrogen (secondary N) is 3. The number of nitrogens with zero attached hydrogens (tertiary/aromatic N) is 4. The van der Waals surface area contributed by atoms with E-state index in [1.54, 1.807) is 18.3 Å². The Kier molecular flexibility index (Phi) is 7.53. The fraction of sp³-hybridized carbons (Fsp3) is 0.435. The fourth-order valence-corrected chi connectivity index (χ4v) is 3.91. The van der Waals surface area contributed by atoms with Crippen molar-refractivity contribution in [3.8, 4) is 5.75 Å². The van der Waals surface area contributed by atoms with Gasteiger partial charge in [0.1, 0.15) is 6.61 Å². The van der Waals surface area contributed by atoms with Gasteiger partial charge in [0, 0.05) is 50.1 Å². The molecule has 0 aliphatic carbocycles. The third kappa shape index (κ3) is 5.98. The summed E-state index contributed by atoms with van der Waals surface area (Å²) in [5, 5.41) is 8.70. The molecular weight excluding hydrogens is 438 g/mol. The van der Waals surface area contributed by atoms with Crippen molar-refractivity contribution in [1.82, 2.24) is 35.1 Å². The highest BCUT2D eigenvalue weighted by Crippen LogP contribution is 2.15. The van der Waals surface area contributed by atoms with Crippen LogP contribution >= 0.6 is 0 Å². The molecule has 0 atom stereocenters. The van der Waals surface area contributed by atoms with Crippen molar-refractivity contribution >= 4 is 17.5 Å². The molecule has 2 amide bonds. The minimum atomic E-state index is -0.304. The number of carbonyl (C=O) groups is 2. The van der Waals surface area contributed by atoms with E-state index in [1.165, 1.54) is 10.6 Å². The molecule has 1 aliphatic heterocycles. The van der Waals surface area contributed by atoms with Crippen LogP contribution in [0.5, 0.6) is 5.75 Å². The van der Waals surface area contributed by atoms with Crippen LogP contribution in [0.4, 0.5) is 0 Å². The number of fused-ring (bicyclic) bond motifs is 2. The van der Waals surface area contributed by atoms with Crippen molar-refractivity contribution in [3.63, 3.8) is 0 Å². The van der Waals surface area contributed by atoms with E-state index in [0.717, 1.165) is 5.69 Å². The Balaban J connectivity index is 1.46. The molecule has 0 radical (unpaired) electrons. The summed E-state index contributed by atoms with van der Waals surface area (Å²) < 4.78 is 7.07. The van der Waals surface area contributed by atoms with Crippen LogP contribution in [0.15, 0.2) is 35.3 Å². The van der Waals surface area contributed by atoms with Gasteiger partial charge in [-0.3, -0.25) is 24.4 Å². The number of ether oxygens (including phenoxy) is 1. The molecule has 4 rings (SSSR count). The van der Waals surface area contributed by atoms with E-state index in [1.807, 2.05) is 13.0 Å². The standard InChI is InChI=1S/C23H29N7O4/c1-16-13-19-27-17(14-21(32)30(19)28-16)15-29-10-3-6-20(31)24-9-12-34-18-5-2-7-25-22(18)23(33)26-8-4-11-29/h2,5,7,13-14,28H,3-4,6,8-12,15H2,1H3,(H,24,31)(H,26,33). The van der Waals surface area contributed by atoms with Crippen molar-refractivity contribution < 1.29 is 14.3 Å². The van der Waals surface area contributed by atoms with E-state index in [-0.39, 0.29) is 29.7 Å². The lowest BCUT2D eigenvalue weighted by molar-refractivity contribution is -0.121. The van der Waals surface area contributed by atoms with Crippen LogP contribution in [0.1, 0.15) is 41.1 Å². The molecule has 180 valence electrons. The van der Waals surface area contributed by atoms with Crippen LogP contribution in [-0.4, -0.2) is 69.1 Å². The molecule has 11 heteroatoms. The molecule has 0 fully saturated rings. The molecule has 0 saturated heterocycles. The van der Waals surface area contributed by atoms with E-state index < -0.39 is 0 Å². The van der Waals surface area contributed by atoms with Gasteiger partial charge >= 0.3 is 0 Å². The van der Waals surface area contributed by atoms with Gasteiger partial charge in [0.25, 0.3) is 11.5 Å². The van der Waals surface area contributed by atoms with E-state index in [4.69, 9.17) is 4.74 Å². The zero-order valence-electron chi connectivity index (χ0n) is 19.2. The van der Waals surface area contributed by atoms with Crippen LogP contribution in [0.25, 0.3) is 5.65 Å². The highest BCUT2D eigenvalue weighted by Gasteiger charge is 2.15. The van der Waals surface area contributed by atoms with Gasteiger partial charge in [-0.1, -0.05) is 0 Å². The summed E-state index contributed by atoms with van der Waals surface area (Å²) in [6.45, 7) is 4.71. The first-order valence-electron chi connectivity index (χ1n) is 11.4. The number of H-pyrrole nitrogens is 1. The van der Waals surface area contributed by atoms with Crippen LogP contribution in [0, 0.1) is 6.92 Å². The topological polar surface area (TPSA) is 134 Å². The molecular formula is C23H29N7O4. The zero-order valence-corrected chi connectivity index (χ0v) is 19.2. The Hall–Kier alpha value is -3.73. The molecule has 0 unspecified atom stereocenters. The highest BCUT2D eigenvalue weighted by molar-refractivity contribution is 5.94. The first-order chi connectivity index (χ1) is 16.5. The second-order valence-corrected chi connectivity index (χ2v) is 8.26. The Labute approximate surface area is 196 Å². The van der Waals surface area contributed by atoms with Crippen LogP contribution < -0.4 is 20.9 Å².